The van der Waals surface area contributed by atoms with Gasteiger partial charge in [-0.15, -0.1) is 0 Å². The number of hydrogen-bond donors (Lipinski definition) is 1. The Kier molecular flexibility index (Phi) is 6.66. The van der Waals surface area contributed by atoms with Gasteiger partial charge in [-0.1, -0.05) is 6.07 Å². The first-order valence-corrected chi connectivity index (χ1v) is 12.4. The Bertz CT molecular complexity index is 1510. The molecule has 3 atom stereocenters. The Hall–Kier alpha value is -4.56. The van der Waals surface area contributed by atoms with Gasteiger partial charge >= 0.3 is 0 Å². The van der Waals surface area contributed by atoms with Crippen LogP contribution < -0.4 is 14.7 Å². The van der Waals surface area contributed by atoms with Gasteiger partial charge in [0.05, 0.1) is 38.3 Å². The van der Waals surface area contributed by atoms with E-state index >= 15 is 0 Å². The predicted molar refractivity (Wildman–Crippen MR) is 139 cm³/mol. The average molecular weight is 599 g/mol. The monoisotopic (exact) mass is 598 g/mol. The number of ether oxygens (including phenoxy) is 1. The minimum Gasteiger partial charge on any atom is -0.503 e. The van der Waals surface area contributed by atoms with Crippen LogP contribution in [0, 0.1) is 26.1 Å². The van der Waals surface area contributed by atoms with Gasteiger partial charge in [0, 0.05) is 24.3 Å². The van der Waals surface area contributed by atoms with Gasteiger partial charge < -0.3 is 9.84 Å². The van der Waals surface area contributed by atoms with Crippen LogP contribution in [0.15, 0.2) is 65.1 Å². The second-order valence-corrected chi connectivity index (χ2v) is 9.52. The van der Waals surface area contributed by atoms with E-state index in [1.807, 2.05) is 0 Å². The number of nitrogens with zero attached hydrogens (tertiary/aromatic N) is 4. The normalized spacial score (nSPS) is 20.3. The first-order valence-electron chi connectivity index (χ1n) is 11.6. The van der Waals surface area contributed by atoms with Crippen molar-refractivity contribution >= 4 is 50.5 Å². The highest BCUT2D eigenvalue weighted by Gasteiger charge is 2.60. The molecule has 0 spiro atoms. The molecule has 2 aliphatic rings. The molecular weight excluding hydrogens is 580 g/mol. The molecule has 39 heavy (non-hydrogen) atoms. The summed E-state index contributed by atoms with van der Waals surface area (Å²) in [5, 5.41) is 34.2. The standard InChI is InChI=1S/C25H19BrN4O9/c1-2-38-19-11-13(10-18(26)22(19)31)21-20-23(39-28(21)16-4-3-5-17(12-16)30(36)37)25(33)27(24(20)32)14-6-8-15(9-7-14)29(34)35/h3-12,20-21,23,31H,2H2,1H3. The molecule has 14 heteroatoms. The number of amides is 2. The molecule has 5 rings (SSSR count). The number of aromatic hydroxyl groups is 1. The second-order valence-electron chi connectivity index (χ2n) is 8.67. The van der Waals surface area contributed by atoms with E-state index < -0.39 is 39.7 Å². The molecule has 200 valence electrons. The van der Waals surface area contributed by atoms with Gasteiger partial charge in [0.25, 0.3) is 17.3 Å². The molecule has 2 heterocycles. The van der Waals surface area contributed by atoms with Crippen molar-refractivity contribution in [3.8, 4) is 11.5 Å². The number of phenols is 1. The lowest BCUT2D eigenvalue weighted by atomic mass is 9.90. The number of anilines is 2. The molecule has 2 aliphatic heterocycles. The molecule has 3 aromatic carbocycles. The maximum atomic E-state index is 13.8. The minimum absolute atomic E-state index is 0.119. The molecule has 0 aliphatic carbocycles. The summed E-state index contributed by atoms with van der Waals surface area (Å²) in [7, 11) is 0. The van der Waals surface area contributed by atoms with E-state index in [0.29, 0.717) is 5.56 Å². The number of phenolic OH excluding ortho intramolecular Hbond substituents is 1. The molecule has 2 amide bonds. The fraction of sp³-hybridized carbons (Fsp3) is 0.200. The van der Waals surface area contributed by atoms with E-state index in [4.69, 9.17) is 9.57 Å². The molecule has 0 saturated carbocycles. The maximum absolute atomic E-state index is 13.8. The van der Waals surface area contributed by atoms with E-state index in [1.165, 1.54) is 53.6 Å². The molecular formula is C25H19BrN4O9. The number of fused-ring (bicyclic) bond motifs is 1. The molecule has 13 nitrogen and oxygen atoms in total. The van der Waals surface area contributed by atoms with Crippen LogP contribution in [-0.4, -0.2) is 39.5 Å². The van der Waals surface area contributed by atoms with Gasteiger partial charge in [0.1, 0.15) is 5.92 Å². The molecule has 3 aromatic rings. The van der Waals surface area contributed by atoms with Gasteiger partial charge in [-0.3, -0.25) is 34.7 Å². The van der Waals surface area contributed by atoms with Gasteiger partial charge in [-0.05, 0) is 58.7 Å². The molecule has 0 radical (unpaired) electrons. The van der Waals surface area contributed by atoms with Gasteiger partial charge in [0.2, 0.25) is 5.91 Å². The zero-order valence-electron chi connectivity index (χ0n) is 20.1. The van der Waals surface area contributed by atoms with Crippen molar-refractivity contribution in [2.75, 3.05) is 16.6 Å². The number of rotatable bonds is 7. The van der Waals surface area contributed by atoms with Crippen molar-refractivity contribution in [1.29, 1.82) is 0 Å². The van der Waals surface area contributed by atoms with Gasteiger partial charge in [-0.25, -0.2) is 9.96 Å². The number of non-ortho nitro benzene ring substituents is 2. The summed E-state index contributed by atoms with van der Waals surface area (Å²) in [6, 6.07) is 12.6. The lowest BCUT2D eigenvalue weighted by Crippen LogP contribution is -2.37. The smallest absolute Gasteiger partial charge is 0.271 e. The number of halogens is 1. The van der Waals surface area contributed by atoms with Crippen molar-refractivity contribution in [2.45, 2.75) is 19.1 Å². The van der Waals surface area contributed by atoms with Crippen molar-refractivity contribution in [1.82, 2.24) is 0 Å². The van der Waals surface area contributed by atoms with Crippen molar-refractivity contribution < 1.29 is 34.1 Å². The zero-order chi connectivity index (χ0) is 28.0. The summed E-state index contributed by atoms with van der Waals surface area (Å²) in [6.45, 7) is 1.96. The Morgan fingerprint density at radius 1 is 0.974 bits per heavy atom. The SMILES string of the molecule is CCOc1cc(C2C3C(=O)N(c4ccc([N+](=O)[O-])cc4)C(=O)C3ON2c2cccc([N+](=O)[O-])c2)cc(Br)c1O. The molecule has 2 saturated heterocycles. The van der Waals surface area contributed by atoms with E-state index in [2.05, 4.69) is 15.9 Å². The quantitative estimate of drug-likeness (QED) is 0.233. The number of hydroxylamine groups is 1. The molecule has 0 bridgehead atoms. The van der Waals surface area contributed by atoms with Crippen molar-refractivity contribution in [2.24, 2.45) is 5.92 Å². The molecule has 0 aromatic heterocycles. The number of hydrogen-bond acceptors (Lipinski definition) is 10. The van der Waals surface area contributed by atoms with Crippen LogP contribution in [-0.2, 0) is 14.4 Å². The van der Waals surface area contributed by atoms with E-state index in [9.17, 15) is 34.9 Å². The van der Waals surface area contributed by atoms with Crippen LogP contribution in [0.3, 0.4) is 0 Å². The third-order valence-electron chi connectivity index (χ3n) is 6.42. The Labute approximate surface area is 228 Å². The minimum atomic E-state index is -1.29. The largest absolute Gasteiger partial charge is 0.503 e. The van der Waals surface area contributed by atoms with Crippen LogP contribution in [0.25, 0.3) is 0 Å². The number of nitro groups is 2. The van der Waals surface area contributed by atoms with Crippen LogP contribution in [0.5, 0.6) is 11.5 Å². The molecule has 2 fully saturated rings. The highest BCUT2D eigenvalue weighted by Crippen LogP contribution is 2.50. The topological polar surface area (TPSA) is 166 Å². The summed E-state index contributed by atoms with van der Waals surface area (Å²) < 4.78 is 5.80. The Morgan fingerprint density at radius 3 is 2.31 bits per heavy atom. The molecule has 3 unspecified atom stereocenters. The molecule has 1 N–H and O–H groups in total. The summed E-state index contributed by atoms with van der Waals surface area (Å²) in [6.07, 6.45) is -1.29. The predicted octanol–water partition coefficient (Wildman–Crippen LogP) is 4.42. The van der Waals surface area contributed by atoms with Crippen molar-refractivity contribution in [3.63, 3.8) is 0 Å². The van der Waals surface area contributed by atoms with Crippen LogP contribution >= 0.6 is 15.9 Å². The summed E-state index contributed by atoms with van der Waals surface area (Å²) in [5.74, 6) is -2.47. The Balaban J connectivity index is 1.62. The fourth-order valence-corrected chi connectivity index (χ4v) is 5.19. The first kappa shape index (κ1) is 26.1. The van der Waals surface area contributed by atoms with E-state index in [0.717, 1.165) is 4.90 Å². The van der Waals surface area contributed by atoms with Crippen molar-refractivity contribution in [3.05, 3.63) is 90.9 Å². The third-order valence-corrected chi connectivity index (χ3v) is 7.03. The highest BCUT2D eigenvalue weighted by molar-refractivity contribution is 9.10. The van der Waals surface area contributed by atoms with Crippen LogP contribution in [0.1, 0.15) is 18.5 Å². The summed E-state index contributed by atoms with van der Waals surface area (Å²) in [4.78, 5) is 55.5. The second kappa shape index (κ2) is 9.96. The maximum Gasteiger partial charge on any atom is 0.271 e. The fourth-order valence-electron chi connectivity index (χ4n) is 4.73. The van der Waals surface area contributed by atoms with Crippen LogP contribution in [0.4, 0.5) is 22.7 Å². The first-order chi connectivity index (χ1) is 18.6. The summed E-state index contributed by atoms with van der Waals surface area (Å²) >= 11 is 3.29. The average Bonchev–Trinajstić information content (AvgIpc) is 3.42. The summed E-state index contributed by atoms with van der Waals surface area (Å²) in [5.41, 5.74) is 0.360. The third kappa shape index (κ3) is 4.42. The number of carbonyl (C=O) groups is 2. The van der Waals surface area contributed by atoms with E-state index in [-0.39, 0.29) is 45.3 Å². The lowest BCUT2D eigenvalue weighted by Gasteiger charge is -2.29. The van der Waals surface area contributed by atoms with Crippen LogP contribution in [0.2, 0.25) is 0 Å². The number of imide groups is 1. The van der Waals surface area contributed by atoms with E-state index in [1.54, 1.807) is 19.1 Å². The number of nitro benzene ring substituents is 2. The lowest BCUT2D eigenvalue weighted by molar-refractivity contribution is -0.385. The van der Waals surface area contributed by atoms with Gasteiger partial charge in [0.15, 0.2) is 17.6 Å². The van der Waals surface area contributed by atoms with Gasteiger partial charge in [-0.2, -0.15) is 0 Å². The number of carbonyl (C=O) groups excluding carboxylic acids is 2. The zero-order valence-corrected chi connectivity index (χ0v) is 21.7. The number of benzene rings is 3. The Morgan fingerprint density at radius 2 is 1.67 bits per heavy atom. The highest BCUT2D eigenvalue weighted by atomic mass is 79.9.